The van der Waals surface area contributed by atoms with Crippen molar-refractivity contribution in [2.24, 2.45) is 0 Å². The van der Waals surface area contributed by atoms with Gasteiger partial charge in [0.2, 0.25) is 0 Å². The van der Waals surface area contributed by atoms with Gasteiger partial charge in [-0.2, -0.15) is 0 Å². The van der Waals surface area contributed by atoms with Crippen LogP contribution in [0, 0.1) is 0 Å². The molecule has 0 aromatic heterocycles. The van der Waals surface area contributed by atoms with Crippen LogP contribution in [0.4, 0.5) is 4.79 Å². The number of cyclic esters (lactones) is 1. The average molecular weight is 260 g/mol. The number of carbonyl (C=O) groups excluding carboxylic acids is 1. The first kappa shape index (κ1) is 11.6. The molecule has 0 unspecified atom stereocenters. The Bertz CT molecular complexity index is 416. The quantitative estimate of drug-likeness (QED) is 0.773. The molecule has 0 saturated carbocycles. The zero-order chi connectivity index (χ0) is 11.9. The van der Waals surface area contributed by atoms with Gasteiger partial charge >= 0.3 is 6.09 Å². The highest BCUT2D eigenvalue weighted by atomic mass is 35.5. The third kappa shape index (κ3) is 1.97. The second-order valence-corrected chi connectivity index (χ2v) is 4.73. The van der Waals surface area contributed by atoms with E-state index in [-0.39, 0.29) is 18.2 Å². The predicted molar refractivity (Wildman–Crippen MR) is 62.9 cm³/mol. The molecule has 0 radical (unpaired) electrons. The average Bonchev–Trinajstić information content (AvgIpc) is 2.44. The Morgan fingerprint density at radius 2 is 1.81 bits per heavy atom. The molecule has 1 aliphatic rings. The fourth-order valence-corrected chi connectivity index (χ4v) is 2.29. The molecule has 0 aliphatic carbocycles. The number of ether oxygens (including phenoxy) is 1. The zero-order valence-corrected chi connectivity index (χ0v) is 10.4. The molecule has 5 heteroatoms. The Labute approximate surface area is 104 Å². The summed E-state index contributed by atoms with van der Waals surface area (Å²) in [5, 5.41) is 1.08. The molecule has 0 N–H and O–H groups in total. The minimum Gasteiger partial charge on any atom is -0.439 e. The van der Waals surface area contributed by atoms with E-state index >= 15 is 0 Å². The van der Waals surface area contributed by atoms with Crippen molar-refractivity contribution in [3.05, 3.63) is 33.8 Å². The maximum Gasteiger partial charge on any atom is 0.410 e. The molecule has 86 valence electrons. The van der Waals surface area contributed by atoms with Crippen LogP contribution in [0.3, 0.4) is 0 Å². The van der Waals surface area contributed by atoms with Crippen molar-refractivity contribution in [2.45, 2.75) is 19.1 Å². The van der Waals surface area contributed by atoms with Crippen molar-refractivity contribution in [3.8, 4) is 0 Å². The van der Waals surface area contributed by atoms with Gasteiger partial charge in [-0.15, -0.1) is 0 Å². The number of benzene rings is 1. The molecule has 0 spiro atoms. The van der Waals surface area contributed by atoms with E-state index in [9.17, 15) is 4.79 Å². The Kier molecular flexibility index (Phi) is 3.00. The Balaban J connectivity index is 2.35. The summed E-state index contributed by atoms with van der Waals surface area (Å²) in [4.78, 5) is 12.9. The lowest BCUT2D eigenvalue weighted by atomic mass is 10.0. The maximum atomic E-state index is 11.4. The summed E-state index contributed by atoms with van der Waals surface area (Å²) in [6.45, 7) is 1.92. The molecule has 1 aliphatic heterocycles. The molecule has 1 saturated heterocycles. The lowest BCUT2D eigenvalue weighted by molar-refractivity contribution is 0.131. The number of hydrogen-bond acceptors (Lipinski definition) is 2. The Morgan fingerprint density at radius 1 is 1.25 bits per heavy atom. The molecule has 1 heterocycles. The lowest BCUT2D eigenvalue weighted by Crippen LogP contribution is -2.27. The fourth-order valence-electron chi connectivity index (χ4n) is 1.75. The molecule has 16 heavy (non-hydrogen) atoms. The maximum absolute atomic E-state index is 11.4. The summed E-state index contributed by atoms with van der Waals surface area (Å²) < 4.78 is 5.25. The van der Waals surface area contributed by atoms with E-state index < -0.39 is 0 Å². The van der Waals surface area contributed by atoms with E-state index in [1.807, 2.05) is 6.92 Å². The van der Waals surface area contributed by atoms with E-state index in [0.717, 1.165) is 5.56 Å². The Hall–Kier alpha value is -0.930. The highest BCUT2D eigenvalue weighted by Gasteiger charge is 2.37. The molecule has 1 amide bonds. The molecule has 1 aromatic rings. The highest BCUT2D eigenvalue weighted by Crippen LogP contribution is 2.33. The van der Waals surface area contributed by atoms with E-state index in [2.05, 4.69) is 0 Å². The predicted octanol–water partition coefficient (Wildman–Crippen LogP) is 3.51. The first-order valence-electron chi connectivity index (χ1n) is 4.88. The second kappa shape index (κ2) is 4.15. The first-order chi connectivity index (χ1) is 7.49. The van der Waals surface area contributed by atoms with Gasteiger partial charge in [-0.05, 0) is 30.7 Å². The lowest BCUT2D eigenvalue weighted by Gasteiger charge is -2.17. The third-order valence-corrected chi connectivity index (χ3v) is 3.21. The second-order valence-electron chi connectivity index (χ2n) is 3.86. The van der Waals surface area contributed by atoms with Crippen molar-refractivity contribution in [3.63, 3.8) is 0 Å². The van der Waals surface area contributed by atoms with Crippen molar-refractivity contribution in [1.82, 2.24) is 4.90 Å². The van der Waals surface area contributed by atoms with E-state index in [1.54, 1.807) is 30.1 Å². The number of amides is 1. The fraction of sp³-hybridized carbons (Fsp3) is 0.364. The van der Waals surface area contributed by atoms with Crippen molar-refractivity contribution >= 4 is 29.3 Å². The van der Waals surface area contributed by atoms with Gasteiger partial charge in [0.1, 0.15) is 6.10 Å². The van der Waals surface area contributed by atoms with Gasteiger partial charge in [-0.1, -0.05) is 23.2 Å². The molecule has 1 fully saturated rings. The molecule has 2 atom stereocenters. The Morgan fingerprint density at radius 3 is 2.25 bits per heavy atom. The largest absolute Gasteiger partial charge is 0.439 e. The van der Waals surface area contributed by atoms with Crippen LogP contribution in [0.2, 0.25) is 10.0 Å². The van der Waals surface area contributed by atoms with E-state index in [0.29, 0.717) is 10.0 Å². The van der Waals surface area contributed by atoms with Crippen LogP contribution in [0.5, 0.6) is 0 Å². The number of nitrogens with zero attached hydrogens (tertiary/aromatic N) is 1. The van der Waals surface area contributed by atoms with Gasteiger partial charge in [0.15, 0.2) is 0 Å². The summed E-state index contributed by atoms with van der Waals surface area (Å²) in [6, 6.07) is 5.15. The van der Waals surface area contributed by atoms with Crippen LogP contribution in [0.25, 0.3) is 0 Å². The standard InChI is InChI=1S/C11H11Cl2NO2/c1-6-10(16-11(15)14(6)2)7-3-8(12)5-9(13)4-7/h3-6,10H,1-2H3/t6-,10-/m0/s1. The van der Waals surface area contributed by atoms with Gasteiger partial charge in [-0.3, -0.25) is 0 Å². The summed E-state index contributed by atoms with van der Waals surface area (Å²) in [7, 11) is 1.71. The SMILES string of the molecule is C[C@H]1[C@@H](c2cc(Cl)cc(Cl)c2)OC(=O)N1C. The van der Waals surface area contributed by atoms with Gasteiger partial charge in [0, 0.05) is 17.1 Å². The molecule has 1 aromatic carbocycles. The van der Waals surface area contributed by atoms with Gasteiger partial charge in [-0.25, -0.2) is 4.79 Å². The summed E-state index contributed by atoms with van der Waals surface area (Å²) in [6.07, 6.45) is -0.637. The van der Waals surface area contributed by atoms with E-state index in [1.165, 1.54) is 0 Å². The monoisotopic (exact) mass is 259 g/mol. The zero-order valence-electron chi connectivity index (χ0n) is 8.91. The highest BCUT2D eigenvalue weighted by molar-refractivity contribution is 6.34. The van der Waals surface area contributed by atoms with Crippen LogP contribution < -0.4 is 0 Å². The minimum absolute atomic E-state index is 0.0259. The molecular weight excluding hydrogens is 249 g/mol. The van der Waals surface area contributed by atoms with Crippen molar-refractivity contribution in [1.29, 1.82) is 0 Å². The number of halogens is 2. The smallest absolute Gasteiger partial charge is 0.410 e. The molecule has 3 nitrogen and oxygen atoms in total. The topological polar surface area (TPSA) is 29.5 Å². The van der Waals surface area contributed by atoms with Crippen molar-refractivity contribution in [2.75, 3.05) is 7.05 Å². The molecule has 0 bridgehead atoms. The van der Waals surface area contributed by atoms with Gasteiger partial charge in [0.25, 0.3) is 0 Å². The molecular formula is C11H11Cl2NO2. The summed E-state index contributed by atoms with van der Waals surface area (Å²) in [5.74, 6) is 0. The van der Waals surface area contributed by atoms with Crippen LogP contribution in [-0.4, -0.2) is 24.1 Å². The van der Waals surface area contributed by atoms with Crippen LogP contribution in [-0.2, 0) is 4.74 Å². The third-order valence-electron chi connectivity index (χ3n) is 2.78. The van der Waals surface area contributed by atoms with Crippen LogP contribution in [0.1, 0.15) is 18.6 Å². The van der Waals surface area contributed by atoms with Crippen LogP contribution in [0.15, 0.2) is 18.2 Å². The van der Waals surface area contributed by atoms with E-state index in [4.69, 9.17) is 27.9 Å². The summed E-state index contributed by atoms with van der Waals surface area (Å²) >= 11 is 11.8. The minimum atomic E-state index is -0.325. The number of carbonyl (C=O) groups is 1. The first-order valence-corrected chi connectivity index (χ1v) is 5.64. The van der Waals surface area contributed by atoms with Gasteiger partial charge < -0.3 is 9.64 Å². The number of rotatable bonds is 1. The normalized spacial score (nSPS) is 24.8. The summed E-state index contributed by atoms with van der Waals surface area (Å²) in [5.41, 5.74) is 0.822. The van der Waals surface area contributed by atoms with Crippen LogP contribution >= 0.6 is 23.2 Å². The van der Waals surface area contributed by atoms with Gasteiger partial charge in [0.05, 0.1) is 6.04 Å². The number of likely N-dealkylation sites (N-methyl/N-ethyl adjacent to an activating group) is 1. The molecule has 2 rings (SSSR count). The van der Waals surface area contributed by atoms with Crippen molar-refractivity contribution < 1.29 is 9.53 Å². The number of hydrogen-bond donors (Lipinski definition) is 0.